The van der Waals surface area contributed by atoms with Crippen molar-refractivity contribution in [3.8, 4) is 11.4 Å². The van der Waals surface area contributed by atoms with Crippen molar-refractivity contribution in [3.63, 3.8) is 0 Å². The number of nitrogen functional groups attached to an aromatic ring is 1. The first-order valence-electron chi connectivity index (χ1n) is 6.23. The average Bonchev–Trinajstić information content (AvgIpc) is 2.86. The lowest BCUT2D eigenvalue weighted by Crippen LogP contribution is -2.11. The summed E-state index contributed by atoms with van der Waals surface area (Å²) in [6.45, 7) is 1.58. The van der Waals surface area contributed by atoms with Gasteiger partial charge in [-0.25, -0.2) is 12.8 Å². The Kier molecular flexibility index (Phi) is 3.56. The van der Waals surface area contributed by atoms with Crippen molar-refractivity contribution in [3.05, 3.63) is 28.0 Å². The zero-order valence-electron chi connectivity index (χ0n) is 11.9. The number of anilines is 1. The van der Waals surface area contributed by atoms with Crippen LogP contribution in [0.5, 0.6) is 0 Å². The third kappa shape index (κ3) is 2.77. The molecule has 0 fully saturated rings. The van der Waals surface area contributed by atoms with Gasteiger partial charge in [0.05, 0.1) is 0 Å². The molecular formula is C12H10BrFN6O2S. The van der Waals surface area contributed by atoms with Crippen LogP contribution in [0.2, 0.25) is 0 Å². The summed E-state index contributed by atoms with van der Waals surface area (Å²) < 4.78 is 38.6. The van der Waals surface area contributed by atoms with E-state index in [1.165, 1.54) is 6.07 Å². The van der Waals surface area contributed by atoms with Gasteiger partial charge in [0.2, 0.25) is 15.8 Å². The first-order chi connectivity index (χ1) is 10.7. The molecule has 0 atom stereocenters. The van der Waals surface area contributed by atoms with Crippen LogP contribution >= 0.6 is 15.9 Å². The molecule has 0 saturated heterocycles. The van der Waals surface area contributed by atoms with Gasteiger partial charge < -0.3 is 5.73 Å². The Morgan fingerprint density at radius 2 is 1.96 bits per heavy atom. The second-order valence-electron chi connectivity index (χ2n) is 4.84. The summed E-state index contributed by atoms with van der Waals surface area (Å²) in [5, 5.41) is 3.68. The molecule has 0 aliphatic heterocycles. The zero-order valence-corrected chi connectivity index (χ0v) is 14.4. The van der Waals surface area contributed by atoms with Crippen LogP contribution in [0.4, 0.5) is 10.3 Å². The summed E-state index contributed by atoms with van der Waals surface area (Å²) in [6.07, 6.45) is 0.962. The summed E-state index contributed by atoms with van der Waals surface area (Å²) in [7, 11) is -3.64. The van der Waals surface area contributed by atoms with Crippen LogP contribution in [0.3, 0.4) is 0 Å². The van der Waals surface area contributed by atoms with Crippen LogP contribution in [-0.4, -0.2) is 39.2 Å². The van der Waals surface area contributed by atoms with Crippen molar-refractivity contribution in [1.29, 1.82) is 0 Å². The normalized spacial score (nSPS) is 12.0. The van der Waals surface area contributed by atoms with Gasteiger partial charge >= 0.3 is 0 Å². The molecule has 0 aliphatic rings. The van der Waals surface area contributed by atoms with E-state index in [9.17, 15) is 12.8 Å². The quantitative estimate of drug-likeness (QED) is 0.690. The highest BCUT2D eigenvalue weighted by atomic mass is 79.9. The minimum atomic E-state index is -3.64. The smallest absolute Gasteiger partial charge is 0.258 e. The molecule has 8 nitrogen and oxygen atoms in total. The monoisotopic (exact) mass is 400 g/mol. The lowest BCUT2D eigenvalue weighted by Gasteiger charge is -2.03. The molecule has 1 aromatic carbocycles. The van der Waals surface area contributed by atoms with Gasteiger partial charge in [0.15, 0.2) is 5.82 Å². The van der Waals surface area contributed by atoms with Gasteiger partial charge in [0.25, 0.3) is 10.9 Å². The van der Waals surface area contributed by atoms with Crippen LogP contribution in [0.25, 0.3) is 17.2 Å². The number of benzene rings is 1. The molecule has 2 aromatic heterocycles. The molecule has 11 heteroatoms. The molecule has 0 radical (unpaired) electrons. The predicted molar refractivity (Wildman–Crippen MR) is 83.9 cm³/mol. The minimum absolute atomic E-state index is 0.0345. The highest BCUT2D eigenvalue weighted by Gasteiger charge is 2.19. The second-order valence-corrected chi connectivity index (χ2v) is 7.67. The van der Waals surface area contributed by atoms with Crippen molar-refractivity contribution in [2.45, 2.75) is 12.1 Å². The van der Waals surface area contributed by atoms with Gasteiger partial charge in [-0.3, -0.25) is 0 Å². The van der Waals surface area contributed by atoms with Gasteiger partial charge in [-0.15, -0.1) is 5.10 Å². The molecule has 0 spiro atoms. The van der Waals surface area contributed by atoms with Crippen LogP contribution in [0, 0.1) is 12.7 Å². The van der Waals surface area contributed by atoms with Gasteiger partial charge in [-0.2, -0.15) is 19.5 Å². The van der Waals surface area contributed by atoms with Gasteiger partial charge in [0, 0.05) is 16.3 Å². The number of sulfone groups is 1. The minimum Gasteiger partial charge on any atom is -0.368 e. The number of aromatic nitrogens is 5. The number of hydrogen-bond acceptors (Lipinski definition) is 7. The van der Waals surface area contributed by atoms with E-state index in [0.717, 1.165) is 10.8 Å². The fourth-order valence-electron chi connectivity index (χ4n) is 1.94. The van der Waals surface area contributed by atoms with E-state index in [-0.39, 0.29) is 17.6 Å². The fraction of sp³-hybridized carbons (Fsp3) is 0.167. The SMILES string of the molecule is Cc1c(F)cc(Br)cc1-c1nc2nc(S(C)(=O)=O)nc(N)n2n1. The number of hydrogen-bond donors (Lipinski definition) is 1. The number of nitrogens with zero attached hydrogens (tertiary/aromatic N) is 5. The topological polar surface area (TPSA) is 116 Å². The van der Waals surface area contributed by atoms with E-state index in [2.05, 4.69) is 36.0 Å². The zero-order chi connectivity index (χ0) is 16.9. The molecule has 0 bridgehead atoms. The Bertz CT molecular complexity index is 1050. The standard InChI is InChI=1S/C12H10BrFN6O2S/c1-5-7(3-6(13)4-8(5)14)9-16-11-18-12(23(2,21)22)17-10(15)20(11)19-9/h3-4H,1-2H3,(H2,15,16,17,18,19). The molecule has 2 heterocycles. The molecule has 3 rings (SSSR count). The Morgan fingerprint density at radius 3 is 2.61 bits per heavy atom. The molecule has 0 saturated carbocycles. The first-order valence-corrected chi connectivity index (χ1v) is 8.91. The maximum Gasteiger partial charge on any atom is 0.258 e. The third-order valence-electron chi connectivity index (χ3n) is 3.09. The Labute approximate surface area is 138 Å². The van der Waals surface area contributed by atoms with Crippen molar-refractivity contribution in [2.24, 2.45) is 0 Å². The lowest BCUT2D eigenvalue weighted by molar-refractivity contribution is 0.592. The number of fused-ring (bicyclic) bond motifs is 1. The van der Waals surface area contributed by atoms with Crippen LogP contribution in [0.1, 0.15) is 5.56 Å². The molecule has 120 valence electrons. The summed E-state index contributed by atoms with van der Waals surface area (Å²) >= 11 is 3.21. The van der Waals surface area contributed by atoms with Crippen molar-refractivity contribution < 1.29 is 12.8 Å². The number of halogens is 2. The van der Waals surface area contributed by atoms with Gasteiger partial charge in [0.1, 0.15) is 5.82 Å². The van der Waals surface area contributed by atoms with E-state index >= 15 is 0 Å². The van der Waals surface area contributed by atoms with E-state index in [4.69, 9.17) is 5.73 Å². The maximum absolute atomic E-state index is 13.9. The van der Waals surface area contributed by atoms with Crippen molar-refractivity contribution >= 4 is 37.5 Å². The van der Waals surface area contributed by atoms with Gasteiger partial charge in [-0.1, -0.05) is 15.9 Å². The van der Waals surface area contributed by atoms with E-state index in [0.29, 0.717) is 15.6 Å². The highest BCUT2D eigenvalue weighted by Crippen LogP contribution is 2.27. The van der Waals surface area contributed by atoms with E-state index in [1.807, 2.05) is 0 Å². The van der Waals surface area contributed by atoms with Crippen LogP contribution in [-0.2, 0) is 9.84 Å². The molecule has 23 heavy (non-hydrogen) atoms. The maximum atomic E-state index is 13.9. The first kappa shape index (κ1) is 15.7. The summed E-state index contributed by atoms with van der Waals surface area (Å²) in [5.41, 5.74) is 6.48. The van der Waals surface area contributed by atoms with Gasteiger partial charge in [-0.05, 0) is 24.6 Å². The summed E-state index contributed by atoms with van der Waals surface area (Å²) in [5.74, 6) is -0.478. The number of nitrogens with two attached hydrogens (primary N) is 1. The lowest BCUT2D eigenvalue weighted by atomic mass is 10.1. The van der Waals surface area contributed by atoms with E-state index < -0.39 is 20.8 Å². The van der Waals surface area contributed by atoms with Crippen molar-refractivity contribution in [2.75, 3.05) is 12.0 Å². The summed E-state index contributed by atoms with van der Waals surface area (Å²) in [4.78, 5) is 11.7. The van der Waals surface area contributed by atoms with Crippen molar-refractivity contribution in [1.82, 2.24) is 24.6 Å². The molecule has 0 amide bonds. The molecule has 0 aliphatic carbocycles. The predicted octanol–water partition coefficient (Wildman–Crippen LogP) is 1.38. The fourth-order valence-corrected chi connectivity index (χ4v) is 2.88. The highest BCUT2D eigenvalue weighted by molar-refractivity contribution is 9.10. The van der Waals surface area contributed by atoms with E-state index in [1.54, 1.807) is 13.0 Å². The Morgan fingerprint density at radius 1 is 1.26 bits per heavy atom. The largest absolute Gasteiger partial charge is 0.368 e. The molecule has 0 unspecified atom stereocenters. The van der Waals surface area contributed by atoms with Crippen LogP contribution in [0.15, 0.2) is 21.8 Å². The Balaban J connectivity index is 2.28. The van der Waals surface area contributed by atoms with Crippen LogP contribution < -0.4 is 5.73 Å². The average molecular weight is 401 g/mol. The summed E-state index contributed by atoms with van der Waals surface area (Å²) in [6, 6.07) is 2.97. The number of rotatable bonds is 2. The molecule has 3 aromatic rings. The third-order valence-corrected chi connectivity index (χ3v) is 4.40. The Hall–Kier alpha value is -2.14. The molecular weight excluding hydrogens is 391 g/mol. The molecule has 2 N–H and O–H groups in total. The second kappa shape index (κ2) is 5.20.